The van der Waals surface area contributed by atoms with E-state index in [9.17, 15) is 0 Å². The van der Waals surface area contributed by atoms with Crippen molar-refractivity contribution in [1.29, 1.82) is 0 Å². The number of rotatable bonds is 1. The summed E-state index contributed by atoms with van der Waals surface area (Å²) >= 11 is 18.1. The van der Waals surface area contributed by atoms with Gasteiger partial charge in [-0.15, -0.1) is 11.6 Å². The lowest BCUT2D eigenvalue weighted by atomic mass is 10.2. The van der Waals surface area contributed by atoms with Crippen LogP contribution < -0.4 is 0 Å². The Hall–Kier alpha value is 0.760. The lowest BCUT2D eigenvalue weighted by Crippen LogP contribution is -1.81. The van der Waals surface area contributed by atoms with Crippen LogP contribution in [0.5, 0.6) is 0 Å². The second-order valence-corrected chi connectivity index (χ2v) is 4.37. The van der Waals surface area contributed by atoms with E-state index in [1.54, 1.807) is 0 Å². The Balaban J connectivity index is 3.21. The molecule has 0 fully saturated rings. The van der Waals surface area contributed by atoms with Crippen LogP contribution in [0.3, 0.4) is 0 Å². The fourth-order valence-electron chi connectivity index (χ4n) is 0.666. The van der Waals surface area contributed by atoms with Gasteiger partial charge in [0.2, 0.25) is 0 Å². The summed E-state index contributed by atoms with van der Waals surface area (Å²) in [6, 6.07) is 3.72. The first-order valence-corrected chi connectivity index (χ1v) is 5.34. The van der Waals surface area contributed by atoms with Crippen LogP contribution in [0.4, 0.5) is 0 Å². The molecular weight excluding hydrogens is 315 g/mol. The summed E-state index contributed by atoms with van der Waals surface area (Å²) in [4.78, 5) is 0. The van der Waals surface area contributed by atoms with Gasteiger partial charge in [-0.25, -0.2) is 0 Å². The first-order chi connectivity index (χ1) is 5.15. The zero-order valence-electron chi connectivity index (χ0n) is 5.37. The minimum absolute atomic E-state index is 0.482. The molecule has 11 heavy (non-hydrogen) atoms. The average Bonchev–Trinajstić information content (AvgIpc) is 1.97. The molecule has 0 amide bonds. The maximum Gasteiger partial charge on any atom is 0.0559 e. The molecule has 1 aromatic rings. The van der Waals surface area contributed by atoms with Gasteiger partial charge in [0.1, 0.15) is 0 Å². The molecule has 0 saturated heterocycles. The molecule has 4 heteroatoms. The minimum Gasteiger partial charge on any atom is -0.122 e. The highest BCUT2D eigenvalue weighted by molar-refractivity contribution is 9.11. The van der Waals surface area contributed by atoms with Crippen LogP contribution in [0.25, 0.3) is 0 Å². The molecule has 0 spiro atoms. The molecule has 0 aliphatic heterocycles. The smallest absolute Gasteiger partial charge is 0.0559 e. The van der Waals surface area contributed by atoms with Crippen molar-refractivity contribution in [3.05, 3.63) is 31.7 Å². The Morgan fingerprint density at radius 3 is 2.36 bits per heavy atom. The third-order valence-corrected chi connectivity index (χ3v) is 3.46. The highest BCUT2D eigenvalue weighted by Gasteiger charge is 2.03. The Morgan fingerprint density at radius 2 is 1.82 bits per heavy atom. The Bertz CT molecular complexity index is 273. The molecule has 0 aliphatic carbocycles. The highest BCUT2D eigenvalue weighted by Crippen LogP contribution is 2.30. The Morgan fingerprint density at radius 1 is 1.18 bits per heavy atom. The predicted molar refractivity (Wildman–Crippen MR) is 56.4 cm³/mol. The number of halogens is 4. The highest BCUT2D eigenvalue weighted by atomic mass is 79.9. The molecule has 60 valence electrons. The Kier molecular flexibility index (Phi) is 3.69. The third kappa shape index (κ3) is 2.35. The van der Waals surface area contributed by atoms with Crippen LogP contribution in [0.1, 0.15) is 5.56 Å². The van der Waals surface area contributed by atoms with Crippen LogP contribution in [0, 0.1) is 0 Å². The molecule has 0 saturated carbocycles. The van der Waals surface area contributed by atoms with Crippen molar-refractivity contribution >= 4 is 55.1 Å². The van der Waals surface area contributed by atoms with Gasteiger partial charge in [0.15, 0.2) is 0 Å². The topological polar surface area (TPSA) is 0 Å². The molecule has 0 atom stereocenters. The van der Waals surface area contributed by atoms with E-state index >= 15 is 0 Å². The number of hydrogen-bond acceptors (Lipinski definition) is 0. The molecule has 0 N–H and O–H groups in total. The lowest BCUT2D eigenvalue weighted by Gasteiger charge is -2.02. The first-order valence-electron chi connectivity index (χ1n) is 2.84. The van der Waals surface area contributed by atoms with Gasteiger partial charge < -0.3 is 0 Å². The van der Waals surface area contributed by atoms with Crippen LogP contribution in [0.2, 0.25) is 5.02 Å². The van der Waals surface area contributed by atoms with E-state index in [-0.39, 0.29) is 0 Å². The Labute approximate surface area is 92.1 Å². The molecule has 0 heterocycles. The summed E-state index contributed by atoms with van der Waals surface area (Å²) in [6.07, 6.45) is 0. The van der Waals surface area contributed by atoms with E-state index in [2.05, 4.69) is 31.9 Å². The van der Waals surface area contributed by atoms with Crippen LogP contribution in [-0.4, -0.2) is 0 Å². The summed E-state index contributed by atoms with van der Waals surface area (Å²) in [5, 5.41) is 0.686. The largest absolute Gasteiger partial charge is 0.122 e. The molecule has 0 nitrogen and oxygen atoms in total. The maximum absolute atomic E-state index is 5.82. The van der Waals surface area contributed by atoms with Crippen molar-refractivity contribution < 1.29 is 0 Å². The van der Waals surface area contributed by atoms with Crippen LogP contribution >= 0.6 is 55.1 Å². The first kappa shape index (κ1) is 9.85. The summed E-state index contributed by atoms with van der Waals surface area (Å²) in [7, 11) is 0. The monoisotopic (exact) mass is 316 g/mol. The van der Waals surface area contributed by atoms with Crippen LogP contribution in [0.15, 0.2) is 21.1 Å². The van der Waals surface area contributed by atoms with Gasteiger partial charge in [0, 0.05) is 14.8 Å². The van der Waals surface area contributed by atoms with Gasteiger partial charge in [-0.2, -0.15) is 0 Å². The minimum atomic E-state index is 0.482. The average molecular weight is 319 g/mol. The molecule has 0 aromatic heterocycles. The molecule has 0 aliphatic rings. The van der Waals surface area contributed by atoms with Crippen molar-refractivity contribution in [1.82, 2.24) is 0 Å². The zero-order chi connectivity index (χ0) is 8.43. The van der Waals surface area contributed by atoms with E-state index in [4.69, 9.17) is 23.2 Å². The normalized spacial score (nSPS) is 10.2. The lowest BCUT2D eigenvalue weighted by molar-refractivity contribution is 1.36. The maximum atomic E-state index is 5.82. The predicted octanol–water partition coefficient (Wildman–Crippen LogP) is 4.60. The SMILES string of the molecule is ClCc1cc(Br)c(Cl)cc1Br. The van der Waals surface area contributed by atoms with Crippen molar-refractivity contribution in [2.45, 2.75) is 5.88 Å². The fraction of sp³-hybridized carbons (Fsp3) is 0.143. The summed E-state index contributed by atoms with van der Waals surface area (Å²) in [6.45, 7) is 0. The standard InChI is InChI=1S/C7H4Br2Cl2/c8-5-2-7(11)6(9)1-4(5)3-10/h1-2H,3H2. The van der Waals surface area contributed by atoms with Crippen molar-refractivity contribution in [2.24, 2.45) is 0 Å². The van der Waals surface area contributed by atoms with Crippen molar-refractivity contribution in [3.8, 4) is 0 Å². The second-order valence-electron chi connectivity index (χ2n) is 1.99. The second kappa shape index (κ2) is 4.13. The van der Waals surface area contributed by atoms with Gasteiger partial charge >= 0.3 is 0 Å². The van der Waals surface area contributed by atoms with E-state index in [0.29, 0.717) is 10.9 Å². The number of benzene rings is 1. The fourth-order valence-corrected chi connectivity index (χ4v) is 2.22. The molecule has 1 rings (SSSR count). The van der Waals surface area contributed by atoms with Gasteiger partial charge in [-0.05, 0) is 33.6 Å². The van der Waals surface area contributed by atoms with Crippen LogP contribution in [-0.2, 0) is 5.88 Å². The quantitative estimate of drug-likeness (QED) is 0.524. The van der Waals surface area contributed by atoms with E-state index < -0.39 is 0 Å². The van der Waals surface area contributed by atoms with Gasteiger partial charge in [0.25, 0.3) is 0 Å². The van der Waals surface area contributed by atoms with Gasteiger partial charge in [-0.3, -0.25) is 0 Å². The number of hydrogen-bond donors (Lipinski definition) is 0. The molecule has 0 bridgehead atoms. The van der Waals surface area contributed by atoms with E-state index in [0.717, 1.165) is 14.5 Å². The zero-order valence-corrected chi connectivity index (χ0v) is 10.1. The number of alkyl halides is 1. The van der Waals surface area contributed by atoms with E-state index in [1.165, 1.54) is 0 Å². The summed E-state index contributed by atoms with van der Waals surface area (Å²) < 4.78 is 1.82. The van der Waals surface area contributed by atoms with Gasteiger partial charge in [0.05, 0.1) is 5.02 Å². The summed E-state index contributed by atoms with van der Waals surface area (Å²) in [5.41, 5.74) is 1.03. The molecule has 1 aromatic carbocycles. The van der Waals surface area contributed by atoms with E-state index in [1.807, 2.05) is 12.1 Å². The van der Waals surface area contributed by atoms with Gasteiger partial charge in [-0.1, -0.05) is 27.5 Å². The molecule has 0 radical (unpaired) electrons. The molecular formula is C7H4Br2Cl2. The van der Waals surface area contributed by atoms with Crippen molar-refractivity contribution in [3.63, 3.8) is 0 Å². The summed E-state index contributed by atoms with van der Waals surface area (Å²) in [5.74, 6) is 0.482. The van der Waals surface area contributed by atoms with Crippen molar-refractivity contribution in [2.75, 3.05) is 0 Å². The molecule has 0 unspecified atom stereocenters. The third-order valence-electron chi connectivity index (χ3n) is 1.23.